The molecule has 0 fully saturated rings. The number of hydrogen-bond acceptors (Lipinski definition) is 3. The molecule has 0 bridgehead atoms. The number of rotatable bonds is 12. The first-order valence-electron chi connectivity index (χ1n) is 11.5. The Kier molecular flexibility index (Phi) is 8.67. The van der Waals surface area contributed by atoms with Crippen molar-refractivity contribution in [1.82, 2.24) is 4.98 Å². The van der Waals surface area contributed by atoms with Crippen LogP contribution in [0.25, 0.3) is 16.0 Å². The van der Waals surface area contributed by atoms with Crippen molar-refractivity contribution >= 4 is 22.6 Å². The Balaban J connectivity index is 1.74. The van der Waals surface area contributed by atoms with E-state index in [4.69, 9.17) is 4.98 Å². The summed E-state index contributed by atoms with van der Waals surface area (Å²) in [6, 6.07) is 6.93. The molecule has 2 aromatic rings. The van der Waals surface area contributed by atoms with Crippen LogP contribution in [0.15, 0.2) is 35.5 Å². The van der Waals surface area contributed by atoms with Gasteiger partial charge in [0.05, 0.1) is 12.2 Å². The second-order valence-corrected chi connectivity index (χ2v) is 9.38. The lowest BCUT2D eigenvalue weighted by molar-refractivity contribution is 0.665. The maximum absolute atomic E-state index is 4.78. The SMILES string of the molecule is CCCCCCc1cc(CCCCCC)c(-c2ccc(C3=CC(C)=NC3)nc2)s1. The van der Waals surface area contributed by atoms with E-state index in [0.29, 0.717) is 0 Å². The average Bonchev–Trinajstić information content (AvgIpc) is 3.35. The molecule has 3 heterocycles. The third-order valence-electron chi connectivity index (χ3n) is 5.67. The highest BCUT2D eigenvalue weighted by molar-refractivity contribution is 7.15. The van der Waals surface area contributed by atoms with Gasteiger partial charge in [-0.25, -0.2) is 0 Å². The Morgan fingerprint density at radius 1 is 0.931 bits per heavy atom. The Morgan fingerprint density at radius 2 is 1.69 bits per heavy atom. The number of nitrogens with zero attached hydrogens (tertiary/aromatic N) is 2. The fourth-order valence-corrected chi connectivity index (χ4v) is 5.17. The smallest absolute Gasteiger partial charge is 0.0681 e. The van der Waals surface area contributed by atoms with Gasteiger partial charge in [-0.1, -0.05) is 52.4 Å². The van der Waals surface area contributed by atoms with E-state index in [9.17, 15) is 0 Å². The second-order valence-electron chi connectivity index (χ2n) is 8.25. The van der Waals surface area contributed by atoms with Gasteiger partial charge in [0.2, 0.25) is 0 Å². The van der Waals surface area contributed by atoms with Gasteiger partial charge < -0.3 is 0 Å². The van der Waals surface area contributed by atoms with Crippen LogP contribution in [0.3, 0.4) is 0 Å². The standard InChI is InChI=1S/C26H36N2S/c1-4-6-8-10-12-21-17-24(13-11-9-7-5-2)29-26(21)22-14-15-25(28-18-22)23-16-20(3)27-19-23/h14-18H,4-13,19H2,1-3H3. The van der Waals surface area contributed by atoms with Gasteiger partial charge >= 0.3 is 0 Å². The summed E-state index contributed by atoms with van der Waals surface area (Å²) in [6.45, 7) is 7.38. The highest BCUT2D eigenvalue weighted by Crippen LogP contribution is 2.35. The van der Waals surface area contributed by atoms with Gasteiger partial charge in [0.1, 0.15) is 0 Å². The third-order valence-corrected chi connectivity index (χ3v) is 6.96. The zero-order chi connectivity index (χ0) is 20.5. The number of aliphatic imine (C=N–C) groups is 1. The van der Waals surface area contributed by atoms with Crippen LogP contribution in [0.1, 0.15) is 88.3 Å². The maximum Gasteiger partial charge on any atom is 0.0681 e. The average molecular weight is 409 g/mol. The van der Waals surface area contributed by atoms with Crippen LogP contribution in [-0.2, 0) is 12.8 Å². The van der Waals surface area contributed by atoms with Gasteiger partial charge in [0.15, 0.2) is 0 Å². The third kappa shape index (κ3) is 6.37. The summed E-state index contributed by atoms with van der Waals surface area (Å²) in [4.78, 5) is 12.2. The normalized spacial score (nSPS) is 13.6. The van der Waals surface area contributed by atoms with Crippen molar-refractivity contribution in [3.63, 3.8) is 0 Å². The van der Waals surface area contributed by atoms with Gasteiger partial charge in [0, 0.05) is 32.8 Å². The molecule has 29 heavy (non-hydrogen) atoms. The molecule has 3 rings (SSSR count). The quantitative estimate of drug-likeness (QED) is 0.327. The molecule has 0 N–H and O–H groups in total. The molecule has 3 heteroatoms. The van der Waals surface area contributed by atoms with Gasteiger partial charge in [-0.15, -0.1) is 11.3 Å². The molecular formula is C26H36N2S. The largest absolute Gasteiger partial charge is 0.285 e. The molecule has 0 saturated carbocycles. The minimum atomic E-state index is 0.766. The first-order chi connectivity index (χ1) is 14.2. The summed E-state index contributed by atoms with van der Waals surface area (Å²) in [5.74, 6) is 0. The number of hydrogen-bond donors (Lipinski definition) is 0. The zero-order valence-corrected chi connectivity index (χ0v) is 19.3. The highest BCUT2D eigenvalue weighted by Gasteiger charge is 2.13. The van der Waals surface area contributed by atoms with Gasteiger partial charge in [-0.2, -0.15) is 0 Å². The summed E-state index contributed by atoms with van der Waals surface area (Å²) in [6.07, 6.45) is 17.2. The van der Waals surface area contributed by atoms with E-state index in [0.717, 1.165) is 18.0 Å². The molecule has 0 radical (unpaired) electrons. The van der Waals surface area contributed by atoms with Crippen molar-refractivity contribution in [2.45, 2.75) is 85.0 Å². The summed E-state index contributed by atoms with van der Waals surface area (Å²) < 4.78 is 0. The summed E-state index contributed by atoms with van der Waals surface area (Å²) >= 11 is 2.00. The number of aromatic nitrogens is 1. The molecule has 0 saturated heterocycles. The molecule has 156 valence electrons. The van der Waals surface area contributed by atoms with E-state index < -0.39 is 0 Å². The van der Waals surface area contributed by atoms with Gasteiger partial charge in [-0.3, -0.25) is 9.98 Å². The summed E-state index contributed by atoms with van der Waals surface area (Å²) in [5, 5.41) is 0. The lowest BCUT2D eigenvalue weighted by Gasteiger charge is -2.06. The molecule has 1 aliphatic heterocycles. The first-order valence-corrected chi connectivity index (χ1v) is 12.3. The lowest BCUT2D eigenvalue weighted by atomic mass is 10.0. The molecule has 0 amide bonds. The van der Waals surface area contributed by atoms with E-state index in [-0.39, 0.29) is 0 Å². The molecule has 0 aromatic carbocycles. The van der Waals surface area contributed by atoms with E-state index in [1.165, 1.54) is 85.8 Å². The minimum Gasteiger partial charge on any atom is -0.285 e. The van der Waals surface area contributed by atoms with Gasteiger partial charge in [0.25, 0.3) is 0 Å². The Bertz CT molecular complexity index is 827. The van der Waals surface area contributed by atoms with Crippen molar-refractivity contribution in [3.8, 4) is 10.4 Å². The molecule has 2 nitrogen and oxygen atoms in total. The van der Waals surface area contributed by atoms with E-state index in [2.05, 4.69) is 56.2 Å². The van der Waals surface area contributed by atoms with Crippen molar-refractivity contribution in [1.29, 1.82) is 0 Å². The maximum atomic E-state index is 4.78. The van der Waals surface area contributed by atoms with Crippen LogP contribution in [-0.4, -0.2) is 17.2 Å². The minimum absolute atomic E-state index is 0.766. The number of thiophene rings is 1. The number of aryl methyl sites for hydroxylation is 2. The van der Waals surface area contributed by atoms with E-state index in [1.54, 1.807) is 4.88 Å². The first kappa shape index (κ1) is 22.0. The predicted octanol–water partition coefficient (Wildman–Crippen LogP) is 7.91. The monoisotopic (exact) mass is 408 g/mol. The van der Waals surface area contributed by atoms with Crippen LogP contribution in [0, 0.1) is 0 Å². The predicted molar refractivity (Wildman–Crippen MR) is 129 cm³/mol. The Morgan fingerprint density at radius 3 is 2.31 bits per heavy atom. The van der Waals surface area contributed by atoms with Crippen LogP contribution in [0.4, 0.5) is 0 Å². The summed E-state index contributed by atoms with van der Waals surface area (Å²) in [7, 11) is 0. The van der Waals surface area contributed by atoms with Crippen LogP contribution >= 0.6 is 11.3 Å². The number of pyridine rings is 1. The van der Waals surface area contributed by atoms with Crippen LogP contribution in [0.5, 0.6) is 0 Å². The van der Waals surface area contributed by atoms with Crippen molar-refractivity contribution in [2.24, 2.45) is 4.99 Å². The molecular weight excluding hydrogens is 372 g/mol. The lowest BCUT2D eigenvalue weighted by Crippen LogP contribution is -1.91. The fraction of sp³-hybridized carbons (Fsp3) is 0.538. The molecule has 1 aliphatic rings. The fourth-order valence-electron chi connectivity index (χ4n) is 3.93. The molecule has 0 unspecified atom stereocenters. The number of allylic oxidation sites excluding steroid dienone is 1. The summed E-state index contributed by atoms with van der Waals surface area (Å²) in [5.41, 5.74) is 6.21. The molecule has 2 aromatic heterocycles. The van der Waals surface area contributed by atoms with Gasteiger partial charge in [-0.05, 0) is 62.4 Å². The topological polar surface area (TPSA) is 25.2 Å². The number of unbranched alkanes of at least 4 members (excludes halogenated alkanes) is 6. The van der Waals surface area contributed by atoms with Crippen LogP contribution in [0.2, 0.25) is 0 Å². The second kappa shape index (κ2) is 11.4. The molecule has 0 atom stereocenters. The van der Waals surface area contributed by atoms with Crippen molar-refractivity contribution in [3.05, 3.63) is 46.6 Å². The Hall–Kier alpha value is -1.74. The molecule has 0 aliphatic carbocycles. The molecule has 0 spiro atoms. The van der Waals surface area contributed by atoms with E-state index in [1.807, 2.05) is 11.3 Å². The van der Waals surface area contributed by atoms with Crippen molar-refractivity contribution < 1.29 is 0 Å². The van der Waals surface area contributed by atoms with E-state index >= 15 is 0 Å². The highest BCUT2D eigenvalue weighted by atomic mass is 32.1. The van der Waals surface area contributed by atoms with Crippen LogP contribution < -0.4 is 0 Å². The Labute approximate surface area is 181 Å². The zero-order valence-electron chi connectivity index (χ0n) is 18.5. The van der Waals surface area contributed by atoms with Crippen molar-refractivity contribution in [2.75, 3.05) is 6.54 Å².